The normalized spacial score (nSPS) is 10.5. The van der Waals surface area contributed by atoms with Crippen molar-refractivity contribution in [2.24, 2.45) is 0 Å². The van der Waals surface area contributed by atoms with Crippen molar-refractivity contribution in [3.8, 4) is 11.5 Å². The summed E-state index contributed by atoms with van der Waals surface area (Å²) in [5.74, 6) is 0.762. The lowest BCUT2D eigenvalue weighted by Gasteiger charge is -1.98. The lowest BCUT2D eigenvalue weighted by atomic mass is 10.2. The maximum Gasteiger partial charge on any atom is 0.249 e. The Bertz CT molecular complexity index is 595. The van der Waals surface area contributed by atoms with E-state index in [1.807, 2.05) is 12.1 Å². The fourth-order valence-corrected chi connectivity index (χ4v) is 1.83. The highest BCUT2D eigenvalue weighted by atomic mass is 35.5. The number of carbonyl (C=O) groups is 1. The first-order valence-electron chi connectivity index (χ1n) is 5.64. The van der Waals surface area contributed by atoms with Gasteiger partial charge in [0.15, 0.2) is 0 Å². The van der Waals surface area contributed by atoms with Gasteiger partial charge in [0.05, 0.1) is 19.2 Å². The summed E-state index contributed by atoms with van der Waals surface area (Å²) in [4.78, 5) is 20.3. The minimum absolute atomic E-state index is 0.101. The van der Waals surface area contributed by atoms with Crippen molar-refractivity contribution in [1.82, 2.24) is 10.5 Å². The number of nitrogens with zero attached hydrogens (tertiary/aromatic N) is 1. The van der Waals surface area contributed by atoms with Crippen molar-refractivity contribution >= 4 is 17.5 Å². The zero-order valence-electron chi connectivity index (χ0n) is 10.6. The number of nitrogens with one attached hydrogen (secondary N) is 1. The monoisotopic (exact) mass is 280 g/mol. The highest BCUT2D eigenvalue weighted by Crippen LogP contribution is 2.24. The fraction of sp³-hybridized carbons (Fsp3) is 0.231. The Hall–Kier alpha value is -1.85. The summed E-state index contributed by atoms with van der Waals surface area (Å²) in [5.41, 5.74) is 3.58. The Balaban J connectivity index is 2.23. The van der Waals surface area contributed by atoms with Gasteiger partial charge in [-0.25, -0.2) is 10.5 Å². The minimum atomic E-state index is -0.281. The zero-order valence-corrected chi connectivity index (χ0v) is 11.3. The fourth-order valence-electron chi connectivity index (χ4n) is 1.64. The molecular weight excluding hydrogens is 268 g/mol. The molecule has 1 aromatic carbocycles. The smallest absolute Gasteiger partial charge is 0.249 e. The third-order valence-corrected chi connectivity index (χ3v) is 2.74. The molecular formula is C13H13ClN2O3. The van der Waals surface area contributed by atoms with Gasteiger partial charge in [0.2, 0.25) is 11.8 Å². The van der Waals surface area contributed by atoms with Gasteiger partial charge in [-0.15, -0.1) is 0 Å². The van der Waals surface area contributed by atoms with E-state index in [1.165, 1.54) is 7.11 Å². The van der Waals surface area contributed by atoms with Crippen molar-refractivity contribution < 1.29 is 14.0 Å². The standard InChI is InChI=1S/C13H13ClN2O3/c1-8-11(7-12(17)16-18-2)15-13(19-8)9-4-3-5-10(14)6-9/h3-6H,7H2,1-2H3,(H,16,17). The van der Waals surface area contributed by atoms with E-state index in [-0.39, 0.29) is 12.3 Å². The van der Waals surface area contributed by atoms with Crippen LogP contribution in [-0.4, -0.2) is 18.0 Å². The summed E-state index contributed by atoms with van der Waals surface area (Å²) in [5, 5.41) is 0.604. The van der Waals surface area contributed by atoms with Crippen LogP contribution in [0.5, 0.6) is 0 Å². The van der Waals surface area contributed by atoms with Gasteiger partial charge >= 0.3 is 0 Å². The van der Waals surface area contributed by atoms with Gasteiger partial charge < -0.3 is 4.42 Å². The molecule has 2 aromatic rings. The first kappa shape index (κ1) is 13.6. The third-order valence-electron chi connectivity index (χ3n) is 2.51. The molecule has 0 aliphatic rings. The first-order valence-corrected chi connectivity index (χ1v) is 6.02. The molecule has 0 fully saturated rings. The molecule has 100 valence electrons. The second-order valence-electron chi connectivity index (χ2n) is 3.94. The molecule has 0 aliphatic heterocycles. The van der Waals surface area contributed by atoms with E-state index in [1.54, 1.807) is 19.1 Å². The molecule has 5 nitrogen and oxygen atoms in total. The van der Waals surface area contributed by atoms with E-state index in [2.05, 4.69) is 15.3 Å². The molecule has 2 rings (SSSR count). The van der Waals surface area contributed by atoms with E-state index in [0.717, 1.165) is 5.56 Å². The van der Waals surface area contributed by atoms with E-state index >= 15 is 0 Å². The van der Waals surface area contributed by atoms with E-state index in [0.29, 0.717) is 22.4 Å². The van der Waals surface area contributed by atoms with Crippen molar-refractivity contribution in [3.63, 3.8) is 0 Å². The number of hydrogen-bond donors (Lipinski definition) is 1. The molecule has 1 N–H and O–H groups in total. The van der Waals surface area contributed by atoms with Crippen LogP contribution >= 0.6 is 11.6 Å². The van der Waals surface area contributed by atoms with Gasteiger partial charge in [-0.05, 0) is 25.1 Å². The number of rotatable bonds is 4. The predicted octanol–water partition coefficient (Wildman–Crippen LogP) is 2.52. The van der Waals surface area contributed by atoms with Crippen LogP contribution in [0.25, 0.3) is 11.5 Å². The summed E-state index contributed by atoms with van der Waals surface area (Å²) >= 11 is 5.92. The topological polar surface area (TPSA) is 64.4 Å². The van der Waals surface area contributed by atoms with Crippen LogP contribution < -0.4 is 5.48 Å². The SMILES string of the molecule is CONC(=O)Cc1nc(-c2cccc(Cl)c2)oc1C. The summed E-state index contributed by atoms with van der Waals surface area (Å²) in [6.45, 7) is 1.76. The Kier molecular flexibility index (Phi) is 4.19. The van der Waals surface area contributed by atoms with Crippen LogP contribution in [0.1, 0.15) is 11.5 Å². The van der Waals surface area contributed by atoms with Gasteiger partial charge in [-0.2, -0.15) is 0 Å². The highest BCUT2D eigenvalue weighted by molar-refractivity contribution is 6.30. The molecule has 1 heterocycles. The average Bonchev–Trinajstić information content (AvgIpc) is 2.71. The molecule has 6 heteroatoms. The molecule has 0 saturated heterocycles. The number of benzene rings is 1. The second kappa shape index (κ2) is 5.86. The van der Waals surface area contributed by atoms with Crippen LogP contribution in [0.3, 0.4) is 0 Å². The van der Waals surface area contributed by atoms with Crippen molar-refractivity contribution in [2.45, 2.75) is 13.3 Å². The maximum absolute atomic E-state index is 11.4. The molecule has 0 unspecified atom stereocenters. The quantitative estimate of drug-likeness (QED) is 0.874. The number of oxazole rings is 1. The molecule has 1 aromatic heterocycles. The lowest BCUT2D eigenvalue weighted by molar-refractivity contribution is -0.130. The number of aromatic nitrogens is 1. The summed E-state index contributed by atoms with van der Waals surface area (Å²) < 4.78 is 5.54. The van der Waals surface area contributed by atoms with Crippen LogP contribution in [0, 0.1) is 6.92 Å². The second-order valence-corrected chi connectivity index (χ2v) is 4.37. The van der Waals surface area contributed by atoms with E-state index in [4.69, 9.17) is 16.0 Å². The Labute approximate surface area is 115 Å². The molecule has 1 amide bonds. The van der Waals surface area contributed by atoms with Crippen LogP contribution in [0.4, 0.5) is 0 Å². The molecule has 0 saturated carbocycles. The van der Waals surface area contributed by atoms with Gasteiger partial charge in [0, 0.05) is 10.6 Å². The number of carbonyl (C=O) groups excluding carboxylic acids is 1. The Morgan fingerprint density at radius 1 is 1.53 bits per heavy atom. The van der Waals surface area contributed by atoms with Crippen molar-refractivity contribution in [2.75, 3.05) is 7.11 Å². The number of aryl methyl sites for hydroxylation is 1. The predicted molar refractivity (Wildman–Crippen MR) is 70.5 cm³/mol. The summed E-state index contributed by atoms with van der Waals surface area (Å²) in [6.07, 6.45) is 0.101. The summed E-state index contributed by atoms with van der Waals surface area (Å²) in [7, 11) is 1.38. The van der Waals surface area contributed by atoms with Gasteiger partial charge in [0.25, 0.3) is 0 Å². The van der Waals surface area contributed by atoms with Crippen LogP contribution in [0.15, 0.2) is 28.7 Å². The largest absolute Gasteiger partial charge is 0.441 e. The molecule has 19 heavy (non-hydrogen) atoms. The Morgan fingerprint density at radius 2 is 2.32 bits per heavy atom. The van der Waals surface area contributed by atoms with Crippen molar-refractivity contribution in [1.29, 1.82) is 0 Å². The third kappa shape index (κ3) is 3.33. The molecule has 0 aliphatic carbocycles. The Morgan fingerprint density at radius 3 is 3.00 bits per heavy atom. The minimum Gasteiger partial charge on any atom is -0.441 e. The molecule has 0 bridgehead atoms. The number of halogens is 1. The molecule has 0 atom stereocenters. The molecule has 0 spiro atoms. The number of hydrogen-bond acceptors (Lipinski definition) is 4. The lowest BCUT2D eigenvalue weighted by Crippen LogP contribution is -2.24. The van der Waals surface area contributed by atoms with Crippen LogP contribution in [0.2, 0.25) is 5.02 Å². The van der Waals surface area contributed by atoms with Crippen molar-refractivity contribution in [3.05, 3.63) is 40.7 Å². The van der Waals surface area contributed by atoms with Crippen LogP contribution in [-0.2, 0) is 16.1 Å². The maximum atomic E-state index is 11.4. The zero-order chi connectivity index (χ0) is 13.8. The summed E-state index contributed by atoms with van der Waals surface area (Å²) in [6, 6.07) is 7.18. The van der Waals surface area contributed by atoms with Gasteiger partial charge in [0.1, 0.15) is 5.76 Å². The van der Waals surface area contributed by atoms with E-state index in [9.17, 15) is 4.79 Å². The molecule has 0 radical (unpaired) electrons. The number of hydroxylamine groups is 1. The van der Waals surface area contributed by atoms with Gasteiger partial charge in [-0.1, -0.05) is 17.7 Å². The average molecular weight is 281 g/mol. The number of amides is 1. The van der Waals surface area contributed by atoms with E-state index < -0.39 is 0 Å². The highest BCUT2D eigenvalue weighted by Gasteiger charge is 2.14. The van der Waals surface area contributed by atoms with Gasteiger partial charge in [-0.3, -0.25) is 9.63 Å². The first-order chi connectivity index (χ1) is 9.10.